The van der Waals surface area contributed by atoms with Gasteiger partial charge in [0.05, 0.1) is 22.6 Å². The molecule has 26 heavy (non-hydrogen) atoms. The SMILES string of the molecule is CCNC(=O)NC(=O)CN1CCCCC1C(=O)Nc1ccc(Cl)c(Cl)c1. The Morgan fingerprint density at radius 1 is 1.19 bits per heavy atom. The molecule has 1 aliphatic heterocycles. The topological polar surface area (TPSA) is 90.5 Å². The molecule has 3 N–H and O–H groups in total. The van der Waals surface area contributed by atoms with Crippen molar-refractivity contribution >= 4 is 46.7 Å². The number of anilines is 1. The minimum atomic E-state index is -0.536. The maximum absolute atomic E-state index is 12.6. The summed E-state index contributed by atoms with van der Waals surface area (Å²) in [5.74, 6) is -0.654. The quantitative estimate of drug-likeness (QED) is 0.708. The van der Waals surface area contributed by atoms with Crippen molar-refractivity contribution in [3.05, 3.63) is 28.2 Å². The fourth-order valence-corrected chi connectivity index (χ4v) is 3.13. The van der Waals surface area contributed by atoms with E-state index in [1.165, 1.54) is 0 Å². The maximum atomic E-state index is 12.6. The van der Waals surface area contributed by atoms with Gasteiger partial charge < -0.3 is 10.6 Å². The lowest BCUT2D eigenvalue weighted by atomic mass is 10.0. The molecule has 1 atom stereocenters. The van der Waals surface area contributed by atoms with E-state index in [9.17, 15) is 14.4 Å². The molecule has 0 aromatic heterocycles. The van der Waals surface area contributed by atoms with Crippen molar-refractivity contribution in [1.82, 2.24) is 15.5 Å². The van der Waals surface area contributed by atoms with Crippen LogP contribution in [0.3, 0.4) is 0 Å². The zero-order valence-corrected chi connectivity index (χ0v) is 16.0. The highest BCUT2D eigenvalue weighted by Gasteiger charge is 2.30. The van der Waals surface area contributed by atoms with Crippen LogP contribution in [0.1, 0.15) is 26.2 Å². The monoisotopic (exact) mass is 400 g/mol. The summed E-state index contributed by atoms with van der Waals surface area (Å²) < 4.78 is 0. The zero-order valence-electron chi connectivity index (χ0n) is 14.5. The van der Waals surface area contributed by atoms with Gasteiger partial charge in [0.25, 0.3) is 0 Å². The van der Waals surface area contributed by atoms with Crippen LogP contribution in [-0.2, 0) is 9.59 Å². The van der Waals surface area contributed by atoms with Gasteiger partial charge >= 0.3 is 6.03 Å². The third-order valence-corrected chi connectivity index (χ3v) is 4.78. The summed E-state index contributed by atoms with van der Waals surface area (Å²) in [5, 5.41) is 8.33. The second-order valence-corrected chi connectivity index (χ2v) is 6.82. The summed E-state index contributed by atoms with van der Waals surface area (Å²) in [7, 11) is 0. The molecule has 1 heterocycles. The number of nitrogens with one attached hydrogen (secondary N) is 3. The second kappa shape index (κ2) is 9.75. The van der Waals surface area contributed by atoms with Crippen molar-refractivity contribution in [2.24, 2.45) is 0 Å². The molecule has 1 aromatic carbocycles. The summed E-state index contributed by atoms with van der Waals surface area (Å²) in [6, 6.07) is 3.87. The molecule has 2 rings (SSSR count). The molecule has 1 aromatic rings. The average molecular weight is 401 g/mol. The standard InChI is InChI=1S/C17H22Cl2N4O3/c1-2-20-17(26)22-15(24)10-23-8-4-3-5-14(23)16(25)21-11-6-7-12(18)13(19)9-11/h6-7,9,14H,2-5,8,10H2,1H3,(H,21,25)(H2,20,22,24,26). The first-order valence-corrected chi connectivity index (χ1v) is 9.24. The van der Waals surface area contributed by atoms with Gasteiger partial charge in [0.15, 0.2) is 0 Å². The molecule has 142 valence electrons. The summed E-state index contributed by atoms with van der Waals surface area (Å²) in [5.41, 5.74) is 0.543. The van der Waals surface area contributed by atoms with Crippen molar-refractivity contribution in [2.75, 3.05) is 25.0 Å². The zero-order chi connectivity index (χ0) is 19.1. The molecule has 1 aliphatic rings. The number of nitrogens with zero attached hydrogens (tertiary/aromatic N) is 1. The Kier molecular flexibility index (Phi) is 7.68. The van der Waals surface area contributed by atoms with Crippen LogP contribution in [0.2, 0.25) is 10.0 Å². The fraction of sp³-hybridized carbons (Fsp3) is 0.471. The summed E-state index contributed by atoms with van der Waals surface area (Å²) >= 11 is 11.9. The molecule has 9 heteroatoms. The number of benzene rings is 1. The van der Waals surface area contributed by atoms with Crippen LogP contribution in [0.15, 0.2) is 18.2 Å². The van der Waals surface area contributed by atoms with Crippen molar-refractivity contribution in [1.29, 1.82) is 0 Å². The van der Waals surface area contributed by atoms with E-state index in [0.717, 1.165) is 12.8 Å². The molecule has 0 bridgehead atoms. The number of hydrogen-bond acceptors (Lipinski definition) is 4. The van der Waals surface area contributed by atoms with Gasteiger partial charge in [0, 0.05) is 12.2 Å². The smallest absolute Gasteiger partial charge is 0.321 e. The van der Waals surface area contributed by atoms with Crippen LogP contribution in [0, 0.1) is 0 Å². The summed E-state index contributed by atoms with van der Waals surface area (Å²) in [4.78, 5) is 37.9. The number of urea groups is 1. The number of imide groups is 1. The van der Waals surface area contributed by atoms with E-state index in [1.807, 2.05) is 0 Å². The van der Waals surface area contributed by atoms with Crippen LogP contribution in [0.25, 0.3) is 0 Å². The Hall–Kier alpha value is -1.83. The van der Waals surface area contributed by atoms with Gasteiger partial charge in [0.1, 0.15) is 0 Å². The highest BCUT2D eigenvalue weighted by atomic mass is 35.5. The van der Waals surface area contributed by atoms with E-state index >= 15 is 0 Å². The van der Waals surface area contributed by atoms with E-state index in [-0.39, 0.29) is 12.5 Å². The minimum Gasteiger partial charge on any atom is -0.338 e. The third kappa shape index (κ3) is 5.86. The molecule has 1 unspecified atom stereocenters. The lowest BCUT2D eigenvalue weighted by Gasteiger charge is -2.34. The van der Waals surface area contributed by atoms with Crippen molar-refractivity contribution in [3.63, 3.8) is 0 Å². The van der Waals surface area contributed by atoms with Crippen LogP contribution in [0.4, 0.5) is 10.5 Å². The number of halogens is 2. The number of hydrogen-bond donors (Lipinski definition) is 3. The molecule has 0 spiro atoms. The van der Waals surface area contributed by atoms with Gasteiger partial charge in [-0.2, -0.15) is 0 Å². The van der Waals surface area contributed by atoms with Gasteiger partial charge in [-0.3, -0.25) is 19.8 Å². The van der Waals surface area contributed by atoms with Crippen LogP contribution < -0.4 is 16.0 Å². The molecule has 7 nitrogen and oxygen atoms in total. The van der Waals surface area contributed by atoms with Gasteiger partial charge in [-0.1, -0.05) is 29.6 Å². The van der Waals surface area contributed by atoms with E-state index in [0.29, 0.717) is 35.2 Å². The van der Waals surface area contributed by atoms with Crippen molar-refractivity contribution in [3.8, 4) is 0 Å². The van der Waals surface area contributed by atoms with Gasteiger partial charge in [0.2, 0.25) is 11.8 Å². The predicted octanol–water partition coefficient (Wildman–Crippen LogP) is 2.63. The lowest BCUT2D eigenvalue weighted by molar-refractivity contribution is -0.126. The van der Waals surface area contributed by atoms with Gasteiger partial charge in [-0.25, -0.2) is 4.79 Å². The van der Waals surface area contributed by atoms with Crippen LogP contribution in [0.5, 0.6) is 0 Å². The summed E-state index contributed by atoms with van der Waals surface area (Å²) in [6.45, 7) is 2.79. The third-order valence-electron chi connectivity index (χ3n) is 4.04. The Labute approximate surface area is 162 Å². The van der Waals surface area contributed by atoms with E-state index in [4.69, 9.17) is 23.2 Å². The summed E-state index contributed by atoms with van der Waals surface area (Å²) in [6.07, 6.45) is 2.43. The van der Waals surface area contributed by atoms with Crippen molar-refractivity contribution in [2.45, 2.75) is 32.2 Å². The van der Waals surface area contributed by atoms with Crippen molar-refractivity contribution < 1.29 is 14.4 Å². The normalized spacial score (nSPS) is 17.4. The number of carbonyl (C=O) groups is 3. The number of rotatable bonds is 5. The number of amides is 4. The highest BCUT2D eigenvalue weighted by molar-refractivity contribution is 6.42. The molecule has 4 amide bonds. The van der Waals surface area contributed by atoms with Gasteiger partial charge in [-0.05, 0) is 44.5 Å². The Morgan fingerprint density at radius 3 is 2.65 bits per heavy atom. The largest absolute Gasteiger partial charge is 0.338 e. The molecule has 1 fully saturated rings. The number of carbonyl (C=O) groups excluding carboxylic acids is 3. The van der Waals surface area contributed by atoms with E-state index in [1.54, 1.807) is 30.0 Å². The lowest BCUT2D eigenvalue weighted by Crippen LogP contribution is -2.52. The molecule has 0 radical (unpaired) electrons. The molecular weight excluding hydrogens is 379 g/mol. The van der Waals surface area contributed by atoms with Gasteiger partial charge in [-0.15, -0.1) is 0 Å². The first kappa shape index (κ1) is 20.5. The minimum absolute atomic E-state index is 0.0173. The number of piperidine rings is 1. The molecule has 0 aliphatic carbocycles. The predicted molar refractivity (Wildman–Crippen MR) is 102 cm³/mol. The first-order valence-electron chi connectivity index (χ1n) is 8.48. The maximum Gasteiger partial charge on any atom is 0.321 e. The molecule has 0 saturated carbocycles. The fourth-order valence-electron chi connectivity index (χ4n) is 2.83. The molecule has 1 saturated heterocycles. The Morgan fingerprint density at radius 2 is 1.96 bits per heavy atom. The van der Waals surface area contributed by atoms with Crippen LogP contribution >= 0.6 is 23.2 Å². The second-order valence-electron chi connectivity index (χ2n) is 6.01. The number of likely N-dealkylation sites (tertiary alicyclic amines) is 1. The average Bonchev–Trinajstić information content (AvgIpc) is 2.58. The van der Waals surface area contributed by atoms with E-state index < -0.39 is 18.0 Å². The Balaban J connectivity index is 1.98. The highest BCUT2D eigenvalue weighted by Crippen LogP contribution is 2.26. The molecular formula is C17H22Cl2N4O3. The first-order chi connectivity index (χ1) is 12.4. The van der Waals surface area contributed by atoms with Crippen LogP contribution in [-0.4, -0.2) is 48.4 Å². The van der Waals surface area contributed by atoms with E-state index in [2.05, 4.69) is 16.0 Å². The Bertz CT molecular complexity index is 684.